The molecule has 2 unspecified atom stereocenters. The van der Waals surface area contributed by atoms with Gasteiger partial charge in [-0.1, -0.05) is 24.6 Å². The Morgan fingerprint density at radius 3 is 2.58 bits per heavy atom. The van der Waals surface area contributed by atoms with E-state index in [4.69, 9.17) is 26.8 Å². The predicted octanol–water partition coefficient (Wildman–Crippen LogP) is 2.73. The van der Waals surface area contributed by atoms with Crippen LogP contribution in [0.15, 0.2) is 18.2 Å². The Balaban J connectivity index is 3.03. The van der Waals surface area contributed by atoms with Gasteiger partial charge in [-0.15, -0.1) is 0 Å². The lowest BCUT2D eigenvalue weighted by Crippen LogP contribution is -2.29. The predicted molar refractivity (Wildman–Crippen MR) is 75.6 cm³/mol. The van der Waals surface area contributed by atoms with E-state index < -0.39 is 0 Å². The topological polar surface area (TPSA) is 61.6 Å². The number of nitrogens with two attached hydrogens (primary N) is 1. The third kappa shape index (κ3) is 4.11. The van der Waals surface area contributed by atoms with Gasteiger partial charge in [-0.05, 0) is 24.1 Å². The zero-order valence-corrected chi connectivity index (χ0v) is 12.2. The van der Waals surface area contributed by atoms with Crippen LogP contribution in [0.2, 0.25) is 5.02 Å². The molecule has 1 aromatic carbocycles. The summed E-state index contributed by atoms with van der Waals surface area (Å²) >= 11 is 6.11. The van der Waals surface area contributed by atoms with Crippen molar-refractivity contribution in [2.75, 3.05) is 14.2 Å². The van der Waals surface area contributed by atoms with Crippen molar-refractivity contribution < 1.29 is 14.3 Å². The molecule has 5 heteroatoms. The van der Waals surface area contributed by atoms with Crippen LogP contribution in [0.3, 0.4) is 0 Å². The number of hydrogen-bond acceptors (Lipinski definition) is 4. The van der Waals surface area contributed by atoms with E-state index in [-0.39, 0.29) is 24.3 Å². The number of carbonyl (C=O) groups is 1. The molecule has 0 saturated carbocycles. The number of methoxy groups -OCH3 is 2. The molecule has 0 saturated heterocycles. The number of rotatable bonds is 6. The van der Waals surface area contributed by atoms with E-state index in [2.05, 4.69) is 0 Å². The van der Waals surface area contributed by atoms with Gasteiger partial charge in [0.05, 0.1) is 25.7 Å². The van der Waals surface area contributed by atoms with Crippen molar-refractivity contribution >= 4 is 17.6 Å². The highest BCUT2D eigenvalue weighted by molar-refractivity contribution is 6.32. The third-order valence-corrected chi connectivity index (χ3v) is 3.50. The molecule has 1 rings (SSSR count). The number of esters is 1. The number of hydrogen-bond donors (Lipinski definition) is 1. The maximum atomic E-state index is 11.5. The number of benzene rings is 1. The highest BCUT2D eigenvalue weighted by atomic mass is 35.5. The van der Waals surface area contributed by atoms with Gasteiger partial charge in [0, 0.05) is 12.0 Å². The summed E-state index contributed by atoms with van der Waals surface area (Å²) < 4.78 is 9.83. The summed E-state index contributed by atoms with van der Waals surface area (Å²) in [5.74, 6) is 0.217. The van der Waals surface area contributed by atoms with Crippen molar-refractivity contribution in [1.29, 1.82) is 0 Å². The van der Waals surface area contributed by atoms with Gasteiger partial charge in [0.2, 0.25) is 0 Å². The average Bonchev–Trinajstić information content (AvgIpc) is 2.43. The van der Waals surface area contributed by atoms with Crippen LogP contribution in [-0.4, -0.2) is 26.2 Å². The van der Waals surface area contributed by atoms with Crippen LogP contribution in [0.5, 0.6) is 5.75 Å². The summed E-state index contributed by atoms with van der Waals surface area (Å²) in [6.07, 6.45) is 1.01. The van der Waals surface area contributed by atoms with Crippen LogP contribution in [0.25, 0.3) is 0 Å². The van der Waals surface area contributed by atoms with E-state index in [0.717, 1.165) is 12.0 Å². The van der Waals surface area contributed by atoms with E-state index in [1.807, 2.05) is 13.0 Å². The lowest BCUT2D eigenvalue weighted by atomic mass is 9.87. The fraction of sp³-hybridized carbons (Fsp3) is 0.500. The molecule has 0 fully saturated rings. The minimum atomic E-state index is -0.277. The second kappa shape index (κ2) is 7.36. The first-order valence-corrected chi connectivity index (χ1v) is 6.57. The Bertz CT molecular complexity index is 437. The molecule has 0 spiro atoms. The number of ether oxygens (including phenoxy) is 2. The lowest BCUT2D eigenvalue weighted by Gasteiger charge is -2.23. The summed E-state index contributed by atoms with van der Waals surface area (Å²) in [5, 5.41) is 0.512. The van der Waals surface area contributed by atoms with Gasteiger partial charge in [0.15, 0.2) is 0 Å². The molecule has 0 bridgehead atoms. The second-order valence-electron chi connectivity index (χ2n) is 4.35. The Morgan fingerprint density at radius 1 is 1.42 bits per heavy atom. The van der Waals surface area contributed by atoms with Crippen LogP contribution < -0.4 is 10.5 Å². The van der Waals surface area contributed by atoms with Crippen LogP contribution >= 0.6 is 11.6 Å². The molecule has 0 aliphatic heterocycles. The number of halogens is 1. The van der Waals surface area contributed by atoms with Crippen molar-refractivity contribution in [1.82, 2.24) is 0 Å². The first-order valence-electron chi connectivity index (χ1n) is 6.19. The SMILES string of the molecule is CCC(N)C(CC(=O)OC)c1ccc(OC)c(Cl)c1. The van der Waals surface area contributed by atoms with Crippen LogP contribution in [0.1, 0.15) is 31.2 Å². The summed E-state index contributed by atoms with van der Waals surface area (Å²) in [5.41, 5.74) is 7.01. The monoisotopic (exact) mass is 285 g/mol. The third-order valence-electron chi connectivity index (χ3n) is 3.21. The highest BCUT2D eigenvalue weighted by Gasteiger charge is 2.23. The van der Waals surface area contributed by atoms with Gasteiger partial charge >= 0.3 is 5.97 Å². The van der Waals surface area contributed by atoms with Crippen LogP contribution in [0, 0.1) is 0 Å². The molecule has 0 heterocycles. The highest BCUT2D eigenvalue weighted by Crippen LogP contribution is 2.31. The van der Waals surface area contributed by atoms with Crippen LogP contribution in [0.4, 0.5) is 0 Å². The summed E-state index contributed by atoms with van der Waals surface area (Å²) in [4.78, 5) is 11.5. The van der Waals surface area contributed by atoms with Gasteiger partial charge in [0.25, 0.3) is 0 Å². The van der Waals surface area contributed by atoms with Crippen molar-refractivity contribution in [2.24, 2.45) is 5.73 Å². The fourth-order valence-corrected chi connectivity index (χ4v) is 2.24. The fourth-order valence-electron chi connectivity index (χ4n) is 1.98. The first-order chi connectivity index (χ1) is 9.03. The van der Waals surface area contributed by atoms with Gasteiger partial charge < -0.3 is 15.2 Å². The smallest absolute Gasteiger partial charge is 0.306 e. The van der Waals surface area contributed by atoms with E-state index in [0.29, 0.717) is 10.8 Å². The molecule has 106 valence electrons. The first kappa shape index (κ1) is 15.8. The van der Waals surface area contributed by atoms with Gasteiger partial charge in [0.1, 0.15) is 5.75 Å². The van der Waals surface area contributed by atoms with E-state index in [1.54, 1.807) is 19.2 Å². The minimum absolute atomic E-state index is 0.110. The molecule has 19 heavy (non-hydrogen) atoms. The zero-order valence-electron chi connectivity index (χ0n) is 11.5. The Labute approximate surface area is 118 Å². The maximum Gasteiger partial charge on any atom is 0.306 e. The van der Waals surface area contributed by atoms with E-state index in [9.17, 15) is 4.79 Å². The summed E-state index contributed by atoms with van der Waals surface area (Å²) in [7, 11) is 2.93. The molecular weight excluding hydrogens is 266 g/mol. The molecule has 0 amide bonds. The normalized spacial score (nSPS) is 13.7. The van der Waals surface area contributed by atoms with E-state index >= 15 is 0 Å². The molecule has 4 nitrogen and oxygen atoms in total. The summed E-state index contributed by atoms with van der Waals surface area (Å²) in [6, 6.07) is 5.34. The Hall–Kier alpha value is -1.26. The van der Waals surface area contributed by atoms with Gasteiger partial charge in [-0.2, -0.15) is 0 Å². The van der Waals surface area contributed by atoms with Crippen molar-refractivity contribution in [2.45, 2.75) is 31.7 Å². The number of carbonyl (C=O) groups excluding carboxylic acids is 1. The average molecular weight is 286 g/mol. The molecule has 0 radical (unpaired) electrons. The molecule has 2 atom stereocenters. The zero-order chi connectivity index (χ0) is 14.4. The molecule has 2 N–H and O–H groups in total. The molecule has 0 aromatic heterocycles. The second-order valence-corrected chi connectivity index (χ2v) is 4.76. The molecular formula is C14H20ClNO3. The van der Waals surface area contributed by atoms with E-state index in [1.165, 1.54) is 7.11 Å². The Kier molecular flexibility index (Phi) is 6.12. The van der Waals surface area contributed by atoms with Gasteiger partial charge in [-0.25, -0.2) is 0 Å². The largest absolute Gasteiger partial charge is 0.495 e. The standard InChI is InChI=1S/C14H20ClNO3/c1-4-12(16)10(8-14(17)19-3)9-5-6-13(18-2)11(15)7-9/h5-7,10,12H,4,8,16H2,1-3H3. The van der Waals surface area contributed by atoms with Crippen molar-refractivity contribution in [3.63, 3.8) is 0 Å². The maximum absolute atomic E-state index is 11.5. The molecule has 0 aliphatic carbocycles. The quantitative estimate of drug-likeness (QED) is 0.817. The lowest BCUT2D eigenvalue weighted by molar-refractivity contribution is -0.141. The van der Waals surface area contributed by atoms with Crippen molar-refractivity contribution in [3.05, 3.63) is 28.8 Å². The van der Waals surface area contributed by atoms with Crippen LogP contribution in [-0.2, 0) is 9.53 Å². The summed E-state index contributed by atoms with van der Waals surface area (Å²) in [6.45, 7) is 1.99. The van der Waals surface area contributed by atoms with Crippen molar-refractivity contribution in [3.8, 4) is 5.75 Å². The van der Waals surface area contributed by atoms with Gasteiger partial charge in [-0.3, -0.25) is 4.79 Å². The Morgan fingerprint density at radius 2 is 2.11 bits per heavy atom. The molecule has 1 aromatic rings. The minimum Gasteiger partial charge on any atom is -0.495 e. The molecule has 0 aliphatic rings.